The van der Waals surface area contributed by atoms with Crippen molar-refractivity contribution < 1.29 is 9.21 Å². The van der Waals surface area contributed by atoms with Crippen molar-refractivity contribution in [3.63, 3.8) is 0 Å². The number of aryl methyl sites for hydroxylation is 1. The van der Waals surface area contributed by atoms with Crippen molar-refractivity contribution in [1.29, 1.82) is 0 Å². The number of carbonyl (C=O) groups is 1. The van der Waals surface area contributed by atoms with E-state index in [-0.39, 0.29) is 12.5 Å². The van der Waals surface area contributed by atoms with Crippen LogP contribution in [0.25, 0.3) is 11.1 Å². The summed E-state index contributed by atoms with van der Waals surface area (Å²) in [6, 6.07) is 5.43. The van der Waals surface area contributed by atoms with Crippen molar-refractivity contribution in [2.75, 3.05) is 6.54 Å². The molecule has 1 heterocycles. The predicted molar refractivity (Wildman–Crippen MR) is 63.9 cm³/mol. The third kappa shape index (κ3) is 2.22. The maximum atomic E-state index is 11.6. The van der Waals surface area contributed by atoms with Gasteiger partial charge < -0.3 is 9.73 Å². The number of amides is 1. The first kappa shape index (κ1) is 11.4. The average molecular weight is 234 g/mol. The van der Waals surface area contributed by atoms with Crippen LogP contribution in [0.15, 0.2) is 27.4 Å². The number of hydrogen-bond acceptors (Lipinski definition) is 3. The van der Waals surface area contributed by atoms with Gasteiger partial charge >= 0.3 is 5.76 Å². The molecule has 0 saturated heterocycles. The molecule has 1 aromatic heterocycles. The van der Waals surface area contributed by atoms with Gasteiger partial charge in [0.15, 0.2) is 5.58 Å². The van der Waals surface area contributed by atoms with Crippen LogP contribution in [0, 0.1) is 6.92 Å². The number of oxazole rings is 1. The van der Waals surface area contributed by atoms with Crippen LogP contribution in [0.2, 0.25) is 0 Å². The minimum atomic E-state index is -0.503. The van der Waals surface area contributed by atoms with Crippen molar-refractivity contribution in [2.45, 2.75) is 20.4 Å². The topological polar surface area (TPSA) is 64.2 Å². The highest BCUT2D eigenvalue weighted by atomic mass is 16.4. The highest BCUT2D eigenvalue weighted by Crippen LogP contribution is 2.14. The fourth-order valence-electron chi connectivity index (χ4n) is 1.72. The summed E-state index contributed by atoms with van der Waals surface area (Å²) in [4.78, 5) is 23.1. The lowest BCUT2D eigenvalue weighted by Gasteiger charge is -2.02. The molecule has 1 aromatic carbocycles. The smallest absolute Gasteiger partial charge is 0.408 e. The number of rotatable bonds is 3. The van der Waals surface area contributed by atoms with E-state index in [4.69, 9.17) is 4.42 Å². The van der Waals surface area contributed by atoms with Gasteiger partial charge in [-0.2, -0.15) is 0 Å². The van der Waals surface area contributed by atoms with Crippen LogP contribution in [0.4, 0.5) is 0 Å². The normalized spacial score (nSPS) is 10.7. The third-order valence-corrected chi connectivity index (χ3v) is 2.50. The Balaban J connectivity index is 2.45. The Bertz CT molecular complexity index is 610. The Hall–Kier alpha value is -2.04. The predicted octanol–water partition coefficient (Wildman–Crippen LogP) is 1.04. The van der Waals surface area contributed by atoms with E-state index in [2.05, 4.69) is 5.32 Å². The van der Waals surface area contributed by atoms with Crippen molar-refractivity contribution in [2.24, 2.45) is 0 Å². The number of hydrogen-bond donors (Lipinski definition) is 1. The molecule has 2 rings (SSSR count). The summed E-state index contributed by atoms with van der Waals surface area (Å²) < 4.78 is 6.40. The largest absolute Gasteiger partial charge is 0.420 e. The maximum absolute atomic E-state index is 11.6. The number of aromatic nitrogens is 1. The van der Waals surface area contributed by atoms with Crippen molar-refractivity contribution in [1.82, 2.24) is 9.88 Å². The lowest BCUT2D eigenvalue weighted by molar-refractivity contribution is -0.121. The van der Waals surface area contributed by atoms with Gasteiger partial charge in [0.2, 0.25) is 5.91 Å². The number of nitrogens with zero attached hydrogens (tertiary/aromatic N) is 1. The molecule has 0 unspecified atom stereocenters. The number of carbonyl (C=O) groups excluding carboxylic acids is 1. The first-order valence-electron chi connectivity index (χ1n) is 5.48. The minimum Gasteiger partial charge on any atom is -0.408 e. The molecular weight excluding hydrogens is 220 g/mol. The Morgan fingerprint density at radius 1 is 1.47 bits per heavy atom. The molecule has 0 aliphatic carbocycles. The second-order valence-corrected chi connectivity index (χ2v) is 3.88. The molecule has 0 aliphatic rings. The first-order valence-corrected chi connectivity index (χ1v) is 5.48. The van der Waals surface area contributed by atoms with Crippen LogP contribution in [-0.4, -0.2) is 17.0 Å². The molecule has 5 heteroatoms. The zero-order valence-corrected chi connectivity index (χ0v) is 9.82. The van der Waals surface area contributed by atoms with Gasteiger partial charge in [0, 0.05) is 6.54 Å². The summed E-state index contributed by atoms with van der Waals surface area (Å²) in [6.07, 6.45) is 0. The second kappa shape index (κ2) is 4.45. The quantitative estimate of drug-likeness (QED) is 0.863. The Morgan fingerprint density at radius 2 is 2.24 bits per heavy atom. The Kier molecular flexibility index (Phi) is 2.99. The second-order valence-electron chi connectivity index (χ2n) is 3.88. The van der Waals surface area contributed by atoms with Crippen molar-refractivity contribution in [3.05, 3.63) is 34.3 Å². The highest BCUT2D eigenvalue weighted by molar-refractivity contribution is 5.79. The summed E-state index contributed by atoms with van der Waals surface area (Å²) in [5.74, 6) is -0.698. The minimum absolute atomic E-state index is 0.0108. The van der Waals surface area contributed by atoms with E-state index in [1.54, 1.807) is 6.07 Å². The fourth-order valence-corrected chi connectivity index (χ4v) is 1.72. The number of fused-ring (bicyclic) bond motifs is 1. The number of likely N-dealkylation sites (N-methyl/N-ethyl adjacent to an activating group) is 1. The molecule has 0 radical (unpaired) electrons. The molecule has 5 nitrogen and oxygen atoms in total. The van der Waals surface area contributed by atoms with E-state index in [0.29, 0.717) is 17.6 Å². The van der Waals surface area contributed by atoms with E-state index < -0.39 is 5.76 Å². The first-order chi connectivity index (χ1) is 8.11. The van der Waals surface area contributed by atoms with E-state index in [1.165, 1.54) is 4.57 Å². The van der Waals surface area contributed by atoms with Gasteiger partial charge in [-0.25, -0.2) is 4.79 Å². The molecule has 0 atom stereocenters. The Morgan fingerprint density at radius 3 is 2.94 bits per heavy atom. The van der Waals surface area contributed by atoms with Gasteiger partial charge in [-0.1, -0.05) is 6.07 Å². The monoisotopic (exact) mass is 234 g/mol. The third-order valence-electron chi connectivity index (χ3n) is 2.50. The molecule has 90 valence electrons. The maximum Gasteiger partial charge on any atom is 0.420 e. The molecule has 0 spiro atoms. The molecule has 0 fully saturated rings. The summed E-state index contributed by atoms with van der Waals surface area (Å²) in [5.41, 5.74) is 2.18. The van der Waals surface area contributed by atoms with Crippen LogP contribution < -0.4 is 11.1 Å². The van der Waals surface area contributed by atoms with Gasteiger partial charge in [0.1, 0.15) is 6.54 Å². The fraction of sp³-hybridized carbons (Fsp3) is 0.333. The standard InChI is InChI=1S/C12H14N2O3/c1-3-13-11(15)7-14-9-6-8(2)4-5-10(9)17-12(14)16/h4-6H,3,7H2,1-2H3,(H,13,15). The van der Waals surface area contributed by atoms with Crippen molar-refractivity contribution in [3.8, 4) is 0 Å². The average Bonchev–Trinajstić information content (AvgIpc) is 2.56. The summed E-state index contributed by atoms with van der Waals surface area (Å²) in [6.45, 7) is 4.29. The molecule has 17 heavy (non-hydrogen) atoms. The lowest BCUT2D eigenvalue weighted by atomic mass is 10.2. The van der Waals surface area contributed by atoms with E-state index in [1.807, 2.05) is 26.0 Å². The molecule has 0 saturated carbocycles. The summed E-state index contributed by atoms with van der Waals surface area (Å²) in [5, 5.41) is 2.65. The van der Waals surface area contributed by atoms with Crippen LogP contribution in [0.3, 0.4) is 0 Å². The van der Waals surface area contributed by atoms with E-state index in [0.717, 1.165) is 5.56 Å². The van der Waals surface area contributed by atoms with Crippen LogP contribution in [0.1, 0.15) is 12.5 Å². The molecule has 1 amide bonds. The molecule has 0 bridgehead atoms. The summed E-state index contributed by atoms with van der Waals surface area (Å²) >= 11 is 0. The van der Waals surface area contributed by atoms with Crippen LogP contribution >= 0.6 is 0 Å². The number of benzene rings is 1. The van der Waals surface area contributed by atoms with Gasteiger partial charge in [-0.15, -0.1) is 0 Å². The van der Waals surface area contributed by atoms with Crippen LogP contribution in [0.5, 0.6) is 0 Å². The van der Waals surface area contributed by atoms with Gasteiger partial charge in [-0.05, 0) is 31.5 Å². The van der Waals surface area contributed by atoms with Crippen LogP contribution in [-0.2, 0) is 11.3 Å². The SMILES string of the molecule is CCNC(=O)Cn1c(=O)oc2ccc(C)cc21. The highest BCUT2D eigenvalue weighted by Gasteiger charge is 2.11. The Labute approximate surface area is 98.0 Å². The number of nitrogens with one attached hydrogen (secondary N) is 1. The zero-order chi connectivity index (χ0) is 12.4. The molecule has 1 N–H and O–H groups in total. The van der Waals surface area contributed by atoms with Crippen molar-refractivity contribution >= 4 is 17.0 Å². The van der Waals surface area contributed by atoms with E-state index >= 15 is 0 Å². The molecular formula is C12H14N2O3. The van der Waals surface area contributed by atoms with Gasteiger partial charge in [0.25, 0.3) is 0 Å². The molecule has 2 aromatic rings. The summed E-state index contributed by atoms with van der Waals surface area (Å²) in [7, 11) is 0. The zero-order valence-electron chi connectivity index (χ0n) is 9.82. The lowest BCUT2D eigenvalue weighted by Crippen LogP contribution is -2.30. The van der Waals surface area contributed by atoms with Gasteiger partial charge in [0.05, 0.1) is 5.52 Å². The molecule has 0 aliphatic heterocycles. The van der Waals surface area contributed by atoms with Gasteiger partial charge in [-0.3, -0.25) is 9.36 Å². The van der Waals surface area contributed by atoms with E-state index in [9.17, 15) is 9.59 Å².